The fourth-order valence-corrected chi connectivity index (χ4v) is 2.94. The van der Waals surface area contributed by atoms with Crippen molar-refractivity contribution in [3.63, 3.8) is 0 Å². The summed E-state index contributed by atoms with van der Waals surface area (Å²) in [4.78, 5) is 13.9. The van der Waals surface area contributed by atoms with E-state index in [1.807, 2.05) is 6.07 Å². The van der Waals surface area contributed by atoms with Crippen molar-refractivity contribution >= 4 is 35.2 Å². The maximum atomic E-state index is 11.9. The number of nitrogens with one attached hydrogen (secondary N) is 2. The van der Waals surface area contributed by atoms with Crippen LogP contribution in [-0.4, -0.2) is 25.0 Å². The molecule has 2 heterocycles. The maximum absolute atomic E-state index is 11.9. The zero-order valence-electron chi connectivity index (χ0n) is 10.1. The smallest absolute Gasteiger partial charge is 0.261 e. The Bertz CT molecular complexity index is 465. The van der Waals surface area contributed by atoms with E-state index < -0.39 is 0 Å². The molecule has 3 nitrogen and oxygen atoms in total. The highest BCUT2D eigenvalue weighted by Crippen LogP contribution is 2.28. The van der Waals surface area contributed by atoms with Gasteiger partial charge in [0.1, 0.15) is 0 Å². The van der Waals surface area contributed by atoms with Gasteiger partial charge >= 0.3 is 0 Å². The topological polar surface area (TPSA) is 41.1 Å². The van der Waals surface area contributed by atoms with Crippen LogP contribution in [0, 0.1) is 0 Å². The van der Waals surface area contributed by atoms with Gasteiger partial charge in [-0.25, -0.2) is 0 Å². The SMILES string of the molecule is Cl.O=C(NC1CC1)c1ccc(C2=CCNCC2)s1. The second kappa shape index (κ2) is 5.87. The molecule has 0 atom stereocenters. The van der Waals surface area contributed by atoms with Crippen LogP contribution < -0.4 is 10.6 Å². The third-order valence-corrected chi connectivity index (χ3v) is 4.28. The van der Waals surface area contributed by atoms with Crippen LogP contribution in [0.2, 0.25) is 0 Å². The lowest BCUT2D eigenvalue weighted by Crippen LogP contribution is -2.24. The highest BCUT2D eigenvalue weighted by atomic mass is 35.5. The molecule has 1 aromatic heterocycles. The van der Waals surface area contributed by atoms with E-state index in [4.69, 9.17) is 0 Å². The van der Waals surface area contributed by atoms with Crippen LogP contribution in [0.25, 0.3) is 5.57 Å². The van der Waals surface area contributed by atoms with E-state index in [-0.39, 0.29) is 18.3 Å². The molecular formula is C13H17ClN2OS. The minimum absolute atomic E-state index is 0. The molecular weight excluding hydrogens is 268 g/mol. The van der Waals surface area contributed by atoms with Gasteiger partial charge in [0.2, 0.25) is 0 Å². The summed E-state index contributed by atoms with van der Waals surface area (Å²) in [5.74, 6) is 0.0956. The predicted molar refractivity (Wildman–Crippen MR) is 77.5 cm³/mol. The minimum Gasteiger partial charge on any atom is -0.349 e. The number of rotatable bonds is 3. The molecule has 18 heavy (non-hydrogen) atoms. The van der Waals surface area contributed by atoms with Crippen LogP contribution in [0.1, 0.15) is 33.8 Å². The summed E-state index contributed by atoms with van der Waals surface area (Å²) in [6, 6.07) is 4.45. The Kier molecular flexibility index (Phi) is 4.43. The van der Waals surface area contributed by atoms with Crippen molar-refractivity contribution in [3.8, 4) is 0 Å². The van der Waals surface area contributed by atoms with Crippen LogP contribution in [0.15, 0.2) is 18.2 Å². The highest BCUT2D eigenvalue weighted by Gasteiger charge is 2.24. The van der Waals surface area contributed by atoms with E-state index in [2.05, 4.69) is 22.8 Å². The number of amides is 1. The lowest BCUT2D eigenvalue weighted by atomic mass is 10.1. The van der Waals surface area contributed by atoms with Gasteiger partial charge in [-0.05, 0) is 43.5 Å². The lowest BCUT2D eigenvalue weighted by Gasteiger charge is -2.11. The second-order valence-electron chi connectivity index (χ2n) is 4.60. The number of hydrogen-bond donors (Lipinski definition) is 2. The van der Waals surface area contributed by atoms with Crippen LogP contribution >= 0.6 is 23.7 Å². The molecule has 2 aliphatic rings. The predicted octanol–water partition coefficient (Wildman–Crippen LogP) is 2.44. The molecule has 1 saturated carbocycles. The van der Waals surface area contributed by atoms with Gasteiger partial charge in [-0.1, -0.05) is 6.08 Å². The molecule has 1 amide bonds. The van der Waals surface area contributed by atoms with Gasteiger partial charge in [0, 0.05) is 17.5 Å². The van der Waals surface area contributed by atoms with Crippen molar-refractivity contribution in [2.24, 2.45) is 0 Å². The maximum Gasteiger partial charge on any atom is 0.261 e. The number of carbonyl (C=O) groups is 1. The van der Waals surface area contributed by atoms with Gasteiger partial charge in [-0.2, -0.15) is 0 Å². The molecule has 0 unspecified atom stereocenters. The molecule has 1 aliphatic carbocycles. The Hall–Kier alpha value is -0.840. The first kappa shape index (κ1) is 13.6. The fraction of sp³-hybridized carbons (Fsp3) is 0.462. The summed E-state index contributed by atoms with van der Waals surface area (Å²) in [7, 11) is 0. The van der Waals surface area contributed by atoms with Crippen molar-refractivity contribution in [3.05, 3.63) is 28.0 Å². The van der Waals surface area contributed by atoms with E-state index >= 15 is 0 Å². The monoisotopic (exact) mass is 284 g/mol. The largest absolute Gasteiger partial charge is 0.349 e. The van der Waals surface area contributed by atoms with Crippen molar-refractivity contribution in [2.45, 2.75) is 25.3 Å². The average Bonchev–Trinajstić information content (AvgIpc) is 3.04. The zero-order chi connectivity index (χ0) is 11.7. The second-order valence-corrected chi connectivity index (χ2v) is 5.68. The number of hydrogen-bond acceptors (Lipinski definition) is 3. The van der Waals surface area contributed by atoms with E-state index in [1.165, 1.54) is 10.5 Å². The summed E-state index contributed by atoms with van der Waals surface area (Å²) in [6.07, 6.45) is 5.56. The molecule has 3 rings (SSSR count). The molecule has 1 aliphatic heterocycles. The van der Waals surface area contributed by atoms with Gasteiger partial charge in [0.05, 0.1) is 4.88 Å². The van der Waals surface area contributed by atoms with Crippen LogP contribution in [0.3, 0.4) is 0 Å². The van der Waals surface area contributed by atoms with Crippen molar-refractivity contribution < 1.29 is 4.79 Å². The van der Waals surface area contributed by atoms with Crippen molar-refractivity contribution in [1.29, 1.82) is 0 Å². The fourth-order valence-electron chi connectivity index (χ4n) is 1.96. The molecule has 0 bridgehead atoms. The molecule has 5 heteroatoms. The molecule has 0 aromatic carbocycles. The summed E-state index contributed by atoms with van der Waals surface area (Å²) in [5, 5.41) is 6.32. The van der Waals surface area contributed by atoms with Gasteiger partial charge in [-0.15, -0.1) is 23.7 Å². The van der Waals surface area contributed by atoms with E-state index in [0.29, 0.717) is 6.04 Å². The van der Waals surface area contributed by atoms with Gasteiger partial charge in [0.25, 0.3) is 5.91 Å². The molecule has 1 fully saturated rings. The van der Waals surface area contributed by atoms with Crippen molar-refractivity contribution in [1.82, 2.24) is 10.6 Å². The average molecular weight is 285 g/mol. The standard InChI is InChI=1S/C13H16N2OS.ClH/c16-13(15-10-1-2-10)12-4-3-11(17-12)9-5-7-14-8-6-9;/h3-5,10,14H,1-2,6-8H2,(H,15,16);1H. The van der Waals surface area contributed by atoms with Crippen LogP contribution in [0.5, 0.6) is 0 Å². The van der Waals surface area contributed by atoms with Gasteiger partial charge in [0.15, 0.2) is 0 Å². The Labute approximate surface area is 117 Å². The first-order chi connectivity index (χ1) is 8.33. The molecule has 2 N–H and O–H groups in total. The Morgan fingerprint density at radius 1 is 1.39 bits per heavy atom. The summed E-state index contributed by atoms with van der Waals surface area (Å²) in [6.45, 7) is 1.98. The zero-order valence-corrected chi connectivity index (χ0v) is 11.7. The molecule has 0 radical (unpaired) electrons. The quantitative estimate of drug-likeness (QED) is 0.895. The van der Waals surface area contributed by atoms with Crippen LogP contribution in [0.4, 0.5) is 0 Å². The molecule has 0 saturated heterocycles. The van der Waals surface area contributed by atoms with E-state index in [0.717, 1.165) is 37.2 Å². The van der Waals surface area contributed by atoms with Gasteiger partial charge in [-0.3, -0.25) is 4.79 Å². The van der Waals surface area contributed by atoms with Crippen molar-refractivity contribution in [2.75, 3.05) is 13.1 Å². The Balaban J connectivity index is 0.00000120. The summed E-state index contributed by atoms with van der Waals surface area (Å²) < 4.78 is 0. The third-order valence-electron chi connectivity index (χ3n) is 3.12. The Morgan fingerprint density at radius 3 is 2.89 bits per heavy atom. The number of carbonyl (C=O) groups excluding carboxylic acids is 1. The summed E-state index contributed by atoms with van der Waals surface area (Å²) in [5.41, 5.74) is 1.37. The molecule has 0 spiro atoms. The van der Waals surface area contributed by atoms with E-state index in [9.17, 15) is 4.79 Å². The third kappa shape index (κ3) is 3.13. The normalized spacial score (nSPS) is 18.8. The highest BCUT2D eigenvalue weighted by molar-refractivity contribution is 7.15. The summed E-state index contributed by atoms with van der Waals surface area (Å²) >= 11 is 1.61. The molecule has 1 aromatic rings. The number of halogens is 1. The van der Waals surface area contributed by atoms with E-state index in [1.54, 1.807) is 11.3 Å². The first-order valence-corrected chi connectivity index (χ1v) is 6.95. The first-order valence-electron chi connectivity index (χ1n) is 6.14. The Morgan fingerprint density at radius 2 is 2.22 bits per heavy atom. The minimum atomic E-state index is 0. The number of thiophene rings is 1. The molecule has 98 valence electrons. The van der Waals surface area contributed by atoms with Gasteiger partial charge < -0.3 is 10.6 Å². The lowest BCUT2D eigenvalue weighted by molar-refractivity contribution is 0.0955. The van der Waals surface area contributed by atoms with Crippen LogP contribution in [-0.2, 0) is 0 Å².